The van der Waals surface area contributed by atoms with Crippen LogP contribution in [0, 0.1) is 22.7 Å². The molecule has 0 aliphatic carbocycles. The van der Waals surface area contributed by atoms with E-state index in [1.807, 2.05) is 34.8 Å². The zero-order chi connectivity index (χ0) is 33.7. The Kier molecular flexibility index (Phi) is 10.8. The van der Waals surface area contributed by atoms with Gasteiger partial charge >= 0.3 is 0 Å². The van der Waals surface area contributed by atoms with E-state index < -0.39 is 0 Å². The van der Waals surface area contributed by atoms with Crippen LogP contribution in [0.3, 0.4) is 0 Å². The standard InChI is InChI=1S/C42H38N2S5/c1-3-5-7-9-11-29-21-33-35-23-41(48-39(35)17-15-37(33)46-29)27(25-43)19-31-13-14-32(45-31)20-28(26-44)42-24-36-34-22-30(12-10-8-6-4-2)47-38(34)16-18-40(36)49-42/h13-24H,3-12H2,1-2H3/b27-19+,28-20+. The quantitative estimate of drug-likeness (QED) is 0.0826. The van der Waals surface area contributed by atoms with Crippen LogP contribution in [-0.4, -0.2) is 0 Å². The van der Waals surface area contributed by atoms with Gasteiger partial charge < -0.3 is 0 Å². The van der Waals surface area contributed by atoms with Crippen LogP contribution in [0.25, 0.3) is 63.6 Å². The fraction of sp³-hybridized carbons (Fsp3) is 0.286. The molecule has 0 saturated carbocycles. The second kappa shape index (κ2) is 15.5. The second-order valence-corrected chi connectivity index (χ2v) is 18.3. The highest BCUT2D eigenvalue weighted by atomic mass is 32.1. The van der Waals surface area contributed by atoms with Crippen molar-refractivity contribution in [2.24, 2.45) is 0 Å². The summed E-state index contributed by atoms with van der Waals surface area (Å²) < 4.78 is 5.10. The summed E-state index contributed by atoms with van der Waals surface area (Å²) in [6.07, 6.45) is 16.5. The van der Waals surface area contributed by atoms with Gasteiger partial charge in [0, 0.05) is 69.6 Å². The molecule has 0 unspecified atom stereocenters. The molecule has 7 aromatic rings. The van der Waals surface area contributed by atoms with Crippen molar-refractivity contribution in [3.63, 3.8) is 0 Å². The van der Waals surface area contributed by atoms with Gasteiger partial charge in [-0.1, -0.05) is 52.4 Å². The van der Waals surface area contributed by atoms with Crippen molar-refractivity contribution in [3.05, 3.63) is 89.9 Å². The predicted octanol–water partition coefficient (Wildman–Crippen LogP) is 15.0. The number of aryl methyl sites for hydroxylation is 2. The molecular formula is C42H38N2S5. The number of unbranched alkanes of at least 4 members (excludes halogenated alkanes) is 6. The fourth-order valence-corrected chi connectivity index (χ4v) is 11.7. The van der Waals surface area contributed by atoms with E-state index in [4.69, 9.17) is 0 Å². The maximum atomic E-state index is 10.2. The number of allylic oxidation sites excluding steroid dienone is 2. The van der Waals surface area contributed by atoms with Gasteiger partial charge in [-0.25, -0.2) is 0 Å². The van der Waals surface area contributed by atoms with Crippen molar-refractivity contribution < 1.29 is 0 Å². The van der Waals surface area contributed by atoms with Gasteiger partial charge in [0.25, 0.3) is 0 Å². The van der Waals surface area contributed by atoms with E-state index >= 15 is 0 Å². The lowest BCUT2D eigenvalue weighted by molar-refractivity contribution is 0.670. The Labute approximate surface area is 308 Å². The van der Waals surface area contributed by atoms with Crippen LogP contribution >= 0.6 is 56.7 Å². The minimum absolute atomic E-state index is 0.677. The van der Waals surface area contributed by atoms with Gasteiger partial charge in [0.1, 0.15) is 12.1 Å². The number of nitriles is 2. The van der Waals surface area contributed by atoms with Crippen LogP contribution < -0.4 is 0 Å². The molecule has 5 heterocycles. The largest absolute Gasteiger partial charge is 0.192 e. The van der Waals surface area contributed by atoms with E-state index in [9.17, 15) is 10.5 Å². The van der Waals surface area contributed by atoms with Crippen LogP contribution in [0.4, 0.5) is 0 Å². The molecule has 2 aromatic carbocycles. The summed E-state index contributed by atoms with van der Waals surface area (Å²) in [5.41, 5.74) is 1.35. The van der Waals surface area contributed by atoms with Crippen LogP contribution in [0.15, 0.2) is 60.7 Å². The molecule has 0 saturated heterocycles. The van der Waals surface area contributed by atoms with Crippen LogP contribution in [0.5, 0.6) is 0 Å². The molecule has 7 rings (SSSR count). The fourth-order valence-electron chi connectivity index (χ4n) is 6.45. The van der Waals surface area contributed by atoms with E-state index in [-0.39, 0.29) is 0 Å². The lowest BCUT2D eigenvalue weighted by atomic mass is 10.1. The van der Waals surface area contributed by atoms with E-state index in [0.29, 0.717) is 11.1 Å². The number of thiophene rings is 5. The number of benzene rings is 2. The summed E-state index contributed by atoms with van der Waals surface area (Å²) in [4.78, 5) is 6.92. The van der Waals surface area contributed by atoms with Gasteiger partial charge in [0.15, 0.2) is 0 Å². The molecule has 0 N–H and O–H groups in total. The molecular weight excluding hydrogens is 693 g/mol. The zero-order valence-corrected chi connectivity index (χ0v) is 32.0. The molecule has 0 spiro atoms. The molecule has 0 aliphatic rings. The van der Waals surface area contributed by atoms with E-state index in [1.54, 1.807) is 34.0 Å². The zero-order valence-electron chi connectivity index (χ0n) is 27.9. The molecule has 0 fully saturated rings. The normalized spacial score (nSPS) is 12.5. The predicted molar refractivity (Wildman–Crippen MR) is 221 cm³/mol. The van der Waals surface area contributed by atoms with Crippen LogP contribution in [0.2, 0.25) is 0 Å². The van der Waals surface area contributed by atoms with Gasteiger partial charge in [0.2, 0.25) is 0 Å². The first kappa shape index (κ1) is 33.9. The van der Waals surface area contributed by atoms with Crippen molar-refractivity contribution in [2.75, 3.05) is 0 Å². The Morgan fingerprint density at radius 2 is 0.918 bits per heavy atom. The molecule has 246 valence electrons. The SMILES string of the molecule is CCCCCCc1cc2c(ccc3sc(/C(C#N)=C/c4ccc(/C=C(\C#N)c5cc6c(ccc7sc(CCCCCC)cc76)s5)s4)cc32)s1. The lowest BCUT2D eigenvalue weighted by Crippen LogP contribution is -1.80. The molecule has 0 amide bonds. The Hall–Kier alpha value is -3.56. The minimum Gasteiger partial charge on any atom is -0.192 e. The van der Waals surface area contributed by atoms with Crippen molar-refractivity contribution in [1.29, 1.82) is 10.5 Å². The van der Waals surface area contributed by atoms with Gasteiger partial charge in [-0.3, -0.25) is 0 Å². The molecule has 0 radical (unpaired) electrons. The van der Waals surface area contributed by atoms with Gasteiger partial charge in [0.05, 0.1) is 11.1 Å². The number of hydrogen-bond acceptors (Lipinski definition) is 7. The molecule has 0 bridgehead atoms. The summed E-state index contributed by atoms with van der Waals surface area (Å²) >= 11 is 8.82. The van der Waals surface area contributed by atoms with Crippen molar-refractivity contribution in [3.8, 4) is 12.1 Å². The highest BCUT2D eigenvalue weighted by molar-refractivity contribution is 7.22. The topological polar surface area (TPSA) is 47.6 Å². The summed E-state index contributed by atoms with van der Waals surface area (Å²) in [6.45, 7) is 4.51. The Morgan fingerprint density at radius 1 is 0.510 bits per heavy atom. The highest BCUT2D eigenvalue weighted by Gasteiger charge is 2.14. The second-order valence-electron chi connectivity index (χ2n) is 12.6. The first-order chi connectivity index (χ1) is 24.1. The Morgan fingerprint density at radius 3 is 1.33 bits per heavy atom. The molecule has 5 aromatic heterocycles. The van der Waals surface area contributed by atoms with Gasteiger partial charge in [-0.15, -0.1) is 56.7 Å². The first-order valence-corrected chi connectivity index (χ1v) is 21.4. The smallest absolute Gasteiger partial charge is 0.101 e. The first-order valence-electron chi connectivity index (χ1n) is 17.3. The van der Waals surface area contributed by atoms with Gasteiger partial charge in [-0.05, 0) is 98.5 Å². The monoisotopic (exact) mass is 730 g/mol. The van der Waals surface area contributed by atoms with Crippen LogP contribution in [0.1, 0.15) is 94.5 Å². The highest BCUT2D eigenvalue weighted by Crippen LogP contribution is 2.41. The van der Waals surface area contributed by atoms with Gasteiger partial charge in [-0.2, -0.15) is 10.5 Å². The average molecular weight is 731 g/mol. The minimum atomic E-state index is 0.677. The molecule has 0 aliphatic heterocycles. The number of nitrogens with zero attached hydrogens (tertiary/aromatic N) is 2. The molecule has 7 heteroatoms. The van der Waals surface area contributed by atoms with E-state index in [1.165, 1.54) is 101 Å². The number of hydrogen-bond donors (Lipinski definition) is 0. The third-order valence-corrected chi connectivity index (χ3v) is 14.6. The summed E-state index contributed by atoms with van der Waals surface area (Å²) in [5, 5.41) is 25.5. The average Bonchev–Trinajstić information content (AvgIpc) is 3.94. The summed E-state index contributed by atoms with van der Waals surface area (Å²) in [6, 6.07) is 27.1. The lowest BCUT2D eigenvalue weighted by Gasteiger charge is -1.96. The maximum absolute atomic E-state index is 10.2. The van der Waals surface area contributed by atoms with Crippen LogP contribution in [-0.2, 0) is 12.8 Å². The van der Waals surface area contributed by atoms with Crippen molar-refractivity contribution >= 4 is 120 Å². The Balaban J connectivity index is 1.12. The third kappa shape index (κ3) is 7.48. The van der Waals surface area contributed by atoms with E-state index in [0.717, 1.165) is 32.4 Å². The molecule has 49 heavy (non-hydrogen) atoms. The number of fused-ring (bicyclic) bond motifs is 6. The molecule has 0 atom stereocenters. The number of rotatable bonds is 14. The van der Waals surface area contributed by atoms with E-state index in [2.05, 4.69) is 86.6 Å². The molecule has 2 nitrogen and oxygen atoms in total. The summed E-state index contributed by atoms with van der Waals surface area (Å²) in [7, 11) is 0. The van der Waals surface area contributed by atoms with Crippen molar-refractivity contribution in [1.82, 2.24) is 0 Å². The summed E-state index contributed by atoms with van der Waals surface area (Å²) in [5.74, 6) is 0. The van der Waals surface area contributed by atoms with Crippen molar-refractivity contribution in [2.45, 2.75) is 78.1 Å². The maximum Gasteiger partial charge on any atom is 0.101 e. The Bertz CT molecular complexity index is 2240. The third-order valence-electron chi connectivity index (χ3n) is 9.04.